The molecule has 0 aliphatic heterocycles. The van der Waals surface area contributed by atoms with Crippen molar-refractivity contribution >= 4 is 29.2 Å². The van der Waals surface area contributed by atoms with Gasteiger partial charge >= 0.3 is 5.97 Å². The van der Waals surface area contributed by atoms with Crippen LogP contribution in [0.1, 0.15) is 34.6 Å². The molecule has 2 aromatic carbocycles. The highest BCUT2D eigenvalue weighted by molar-refractivity contribution is 6.35. The fourth-order valence-electron chi connectivity index (χ4n) is 2.41. The summed E-state index contributed by atoms with van der Waals surface area (Å²) in [7, 11) is 0. The van der Waals surface area contributed by atoms with Gasteiger partial charge in [0.05, 0.1) is 40.3 Å². The molecule has 0 unspecified atom stereocenters. The minimum Gasteiger partial charge on any atom is -0.459 e. The molecule has 0 fully saturated rings. The molecule has 1 amide bonds. The van der Waals surface area contributed by atoms with Gasteiger partial charge in [-0.3, -0.25) is 4.79 Å². The van der Waals surface area contributed by atoms with Crippen molar-refractivity contribution in [3.63, 3.8) is 0 Å². The van der Waals surface area contributed by atoms with E-state index in [-0.39, 0.29) is 16.7 Å². The molecule has 1 aromatic heterocycles. The van der Waals surface area contributed by atoms with Crippen LogP contribution in [0, 0.1) is 0 Å². The Kier molecular flexibility index (Phi) is 5.52. The average molecular weight is 385 g/mol. The molecule has 0 spiro atoms. The SMILES string of the molecule is CC(C)OC(=O)c1ccc(NC(=O)c2c(Cl)cccc2-n2nccn2)cc1. The van der Waals surface area contributed by atoms with Gasteiger partial charge in [-0.25, -0.2) is 4.79 Å². The number of ether oxygens (including phenoxy) is 1. The van der Waals surface area contributed by atoms with E-state index in [0.717, 1.165) is 0 Å². The second-order valence-electron chi connectivity index (χ2n) is 5.94. The summed E-state index contributed by atoms with van der Waals surface area (Å²) in [5, 5.41) is 11.1. The standard InChI is InChI=1S/C19H17ClN4O3/c1-12(2)27-19(26)13-6-8-14(9-7-13)23-18(25)17-15(20)4-3-5-16(17)24-21-10-11-22-24/h3-12H,1-2H3,(H,23,25). The maximum Gasteiger partial charge on any atom is 0.338 e. The molecular weight excluding hydrogens is 368 g/mol. The summed E-state index contributed by atoms with van der Waals surface area (Å²) >= 11 is 6.23. The summed E-state index contributed by atoms with van der Waals surface area (Å²) in [6, 6.07) is 11.5. The van der Waals surface area contributed by atoms with E-state index in [4.69, 9.17) is 16.3 Å². The van der Waals surface area contributed by atoms with Crippen LogP contribution in [0.4, 0.5) is 5.69 Å². The fourth-order valence-corrected chi connectivity index (χ4v) is 2.67. The second-order valence-corrected chi connectivity index (χ2v) is 6.35. The minimum atomic E-state index is -0.416. The Morgan fingerprint density at radius 3 is 2.37 bits per heavy atom. The molecule has 3 aromatic rings. The van der Waals surface area contributed by atoms with Crippen LogP contribution >= 0.6 is 11.6 Å². The highest BCUT2D eigenvalue weighted by atomic mass is 35.5. The Hall–Kier alpha value is -3.19. The highest BCUT2D eigenvalue weighted by Crippen LogP contribution is 2.24. The van der Waals surface area contributed by atoms with Crippen molar-refractivity contribution in [2.24, 2.45) is 0 Å². The van der Waals surface area contributed by atoms with Crippen LogP contribution in [-0.4, -0.2) is 33.0 Å². The van der Waals surface area contributed by atoms with E-state index in [1.165, 1.54) is 17.2 Å². The predicted octanol–water partition coefficient (Wildman–Crippen LogP) is 3.74. The van der Waals surface area contributed by atoms with Crippen LogP contribution in [0.25, 0.3) is 5.69 Å². The summed E-state index contributed by atoms with van der Waals surface area (Å²) < 4.78 is 5.14. The summed E-state index contributed by atoms with van der Waals surface area (Å²) in [4.78, 5) is 26.0. The molecule has 3 rings (SSSR count). The third-order valence-electron chi connectivity index (χ3n) is 3.57. The summed E-state index contributed by atoms with van der Waals surface area (Å²) in [6.07, 6.45) is 2.82. The van der Waals surface area contributed by atoms with Gasteiger partial charge in [-0.15, -0.1) is 0 Å². The molecule has 1 heterocycles. The van der Waals surface area contributed by atoms with Gasteiger partial charge in [0.2, 0.25) is 0 Å². The fraction of sp³-hybridized carbons (Fsp3) is 0.158. The Bertz CT molecular complexity index is 954. The molecule has 7 nitrogen and oxygen atoms in total. The smallest absolute Gasteiger partial charge is 0.338 e. The lowest BCUT2D eigenvalue weighted by atomic mass is 10.1. The third-order valence-corrected chi connectivity index (χ3v) is 3.89. The van der Waals surface area contributed by atoms with E-state index in [1.54, 1.807) is 56.3 Å². The van der Waals surface area contributed by atoms with Crippen molar-refractivity contribution < 1.29 is 14.3 Å². The predicted molar refractivity (Wildman–Crippen MR) is 101 cm³/mol. The quantitative estimate of drug-likeness (QED) is 0.677. The molecule has 27 heavy (non-hydrogen) atoms. The molecule has 0 bridgehead atoms. The van der Waals surface area contributed by atoms with E-state index in [0.29, 0.717) is 16.9 Å². The number of benzene rings is 2. The van der Waals surface area contributed by atoms with Gasteiger partial charge in [0.1, 0.15) is 0 Å². The molecular formula is C19H17ClN4O3. The summed E-state index contributed by atoms with van der Waals surface area (Å²) in [5.41, 5.74) is 1.63. The maximum absolute atomic E-state index is 12.8. The lowest BCUT2D eigenvalue weighted by molar-refractivity contribution is 0.0378. The number of aromatic nitrogens is 3. The topological polar surface area (TPSA) is 86.1 Å². The van der Waals surface area contributed by atoms with E-state index < -0.39 is 11.9 Å². The Morgan fingerprint density at radius 2 is 1.74 bits per heavy atom. The van der Waals surface area contributed by atoms with Crippen molar-refractivity contribution in [1.29, 1.82) is 0 Å². The number of carbonyl (C=O) groups excluding carboxylic acids is 2. The first-order valence-corrected chi connectivity index (χ1v) is 8.61. The number of hydrogen-bond acceptors (Lipinski definition) is 5. The number of amides is 1. The molecule has 0 radical (unpaired) electrons. The van der Waals surface area contributed by atoms with Crippen molar-refractivity contribution in [3.8, 4) is 5.69 Å². The number of rotatable bonds is 5. The number of carbonyl (C=O) groups is 2. The maximum atomic E-state index is 12.8. The summed E-state index contributed by atoms with van der Waals surface area (Å²) in [6.45, 7) is 3.56. The molecule has 8 heteroatoms. The Balaban J connectivity index is 1.81. The van der Waals surface area contributed by atoms with Gasteiger partial charge in [-0.05, 0) is 50.2 Å². The molecule has 0 aliphatic carbocycles. The van der Waals surface area contributed by atoms with Gasteiger partial charge in [0.25, 0.3) is 5.91 Å². The molecule has 0 aliphatic rings. The zero-order chi connectivity index (χ0) is 19.4. The average Bonchev–Trinajstić information content (AvgIpc) is 3.16. The van der Waals surface area contributed by atoms with E-state index in [1.807, 2.05) is 0 Å². The van der Waals surface area contributed by atoms with Crippen LogP contribution < -0.4 is 5.32 Å². The zero-order valence-electron chi connectivity index (χ0n) is 14.7. The highest BCUT2D eigenvalue weighted by Gasteiger charge is 2.18. The Labute approximate surface area is 160 Å². The number of nitrogens with one attached hydrogen (secondary N) is 1. The van der Waals surface area contributed by atoms with Crippen LogP contribution in [-0.2, 0) is 4.74 Å². The largest absolute Gasteiger partial charge is 0.459 e. The van der Waals surface area contributed by atoms with Crippen molar-refractivity contribution in [2.45, 2.75) is 20.0 Å². The van der Waals surface area contributed by atoms with Gasteiger partial charge in [0, 0.05) is 5.69 Å². The normalized spacial score (nSPS) is 10.7. The van der Waals surface area contributed by atoms with Gasteiger partial charge in [-0.1, -0.05) is 17.7 Å². The zero-order valence-corrected chi connectivity index (χ0v) is 15.5. The molecule has 0 saturated heterocycles. The van der Waals surface area contributed by atoms with Crippen molar-refractivity contribution in [1.82, 2.24) is 15.0 Å². The molecule has 138 valence electrons. The molecule has 0 atom stereocenters. The first kappa shape index (κ1) is 18.6. The number of hydrogen-bond donors (Lipinski definition) is 1. The minimum absolute atomic E-state index is 0.202. The van der Waals surface area contributed by atoms with Crippen LogP contribution in [0.15, 0.2) is 54.9 Å². The number of esters is 1. The van der Waals surface area contributed by atoms with Crippen LogP contribution in [0.2, 0.25) is 5.02 Å². The van der Waals surface area contributed by atoms with Gasteiger partial charge in [-0.2, -0.15) is 15.0 Å². The first-order valence-electron chi connectivity index (χ1n) is 8.23. The Morgan fingerprint density at radius 1 is 1.07 bits per heavy atom. The number of nitrogens with zero attached hydrogens (tertiary/aromatic N) is 3. The lowest BCUT2D eigenvalue weighted by Crippen LogP contribution is -2.17. The number of halogens is 1. The van der Waals surface area contributed by atoms with Crippen molar-refractivity contribution in [2.75, 3.05) is 5.32 Å². The van der Waals surface area contributed by atoms with Gasteiger partial charge in [0.15, 0.2) is 0 Å². The third kappa shape index (κ3) is 4.32. The molecule has 1 N–H and O–H groups in total. The van der Waals surface area contributed by atoms with E-state index in [2.05, 4.69) is 15.5 Å². The van der Waals surface area contributed by atoms with Gasteiger partial charge < -0.3 is 10.1 Å². The van der Waals surface area contributed by atoms with Crippen molar-refractivity contribution in [3.05, 3.63) is 71.0 Å². The van der Waals surface area contributed by atoms with E-state index in [9.17, 15) is 9.59 Å². The van der Waals surface area contributed by atoms with E-state index >= 15 is 0 Å². The molecule has 0 saturated carbocycles. The van der Waals surface area contributed by atoms with Crippen LogP contribution in [0.3, 0.4) is 0 Å². The van der Waals surface area contributed by atoms with Crippen LogP contribution in [0.5, 0.6) is 0 Å². The lowest BCUT2D eigenvalue weighted by Gasteiger charge is -2.12. The second kappa shape index (κ2) is 8.01. The monoisotopic (exact) mass is 384 g/mol. The summed E-state index contributed by atoms with van der Waals surface area (Å²) in [5.74, 6) is -0.827. The first-order chi connectivity index (χ1) is 13.0. The number of anilines is 1.